The van der Waals surface area contributed by atoms with Gasteiger partial charge in [0.25, 0.3) is 0 Å². The Morgan fingerprint density at radius 2 is 1.92 bits per heavy atom. The Labute approximate surface area is 144 Å². The molecule has 0 heterocycles. The molecule has 0 fully saturated rings. The number of nitrogens with zero attached hydrogens (tertiary/aromatic N) is 1. The number of carbonyl (C=O) groups is 1. The van der Waals surface area contributed by atoms with Gasteiger partial charge in [-0.25, -0.2) is 13.2 Å². The normalized spacial score (nSPS) is 12.0. The van der Waals surface area contributed by atoms with Crippen molar-refractivity contribution < 1.29 is 18.0 Å². The Bertz CT molecular complexity index is 846. The fraction of sp³-hybridized carbons (Fsp3) is 0.0588. The topological polar surface area (TPSA) is 52.9 Å². The van der Waals surface area contributed by atoms with Crippen molar-refractivity contribution in [2.24, 2.45) is 0 Å². The third-order valence-electron chi connectivity index (χ3n) is 3.06. The van der Waals surface area contributed by atoms with Gasteiger partial charge in [-0.15, -0.1) is 0 Å². The van der Waals surface area contributed by atoms with Crippen LogP contribution in [-0.4, -0.2) is 5.91 Å². The highest BCUT2D eigenvalue weighted by molar-refractivity contribution is 9.10. The predicted octanol–water partition coefficient (Wildman–Crippen LogP) is 4.26. The van der Waals surface area contributed by atoms with Crippen molar-refractivity contribution in [1.82, 2.24) is 5.32 Å². The van der Waals surface area contributed by atoms with E-state index in [9.17, 15) is 18.0 Å². The Morgan fingerprint density at radius 3 is 2.58 bits per heavy atom. The highest BCUT2D eigenvalue weighted by atomic mass is 79.9. The first-order valence-electron chi connectivity index (χ1n) is 6.69. The molecule has 0 spiro atoms. The number of rotatable bonds is 4. The van der Waals surface area contributed by atoms with Gasteiger partial charge in [0.15, 0.2) is 0 Å². The summed E-state index contributed by atoms with van der Waals surface area (Å²) in [6.07, 6.45) is 2.25. The van der Waals surface area contributed by atoms with Crippen molar-refractivity contribution in [3.63, 3.8) is 0 Å². The maximum Gasteiger partial charge on any atom is 0.245 e. The van der Waals surface area contributed by atoms with E-state index >= 15 is 0 Å². The summed E-state index contributed by atoms with van der Waals surface area (Å²) < 4.78 is 40.8. The zero-order chi connectivity index (χ0) is 17.7. The van der Waals surface area contributed by atoms with Crippen molar-refractivity contribution in [3.8, 4) is 6.07 Å². The minimum absolute atomic E-state index is 0.158. The predicted molar refractivity (Wildman–Crippen MR) is 86.0 cm³/mol. The van der Waals surface area contributed by atoms with Crippen LogP contribution < -0.4 is 5.32 Å². The first kappa shape index (κ1) is 17.8. The summed E-state index contributed by atoms with van der Waals surface area (Å²) in [6, 6.07) is 7.33. The monoisotopic (exact) mass is 394 g/mol. The molecule has 0 aliphatic heterocycles. The van der Waals surface area contributed by atoms with Crippen molar-refractivity contribution in [2.45, 2.75) is 6.04 Å². The molecule has 1 atom stereocenters. The van der Waals surface area contributed by atoms with Gasteiger partial charge in [-0.1, -0.05) is 22.0 Å². The molecule has 2 aromatic rings. The van der Waals surface area contributed by atoms with Crippen LogP contribution in [0.4, 0.5) is 13.2 Å². The lowest BCUT2D eigenvalue weighted by atomic mass is 10.1. The van der Waals surface area contributed by atoms with Gasteiger partial charge in [-0.05, 0) is 30.3 Å². The molecule has 2 aromatic carbocycles. The SMILES string of the molecule is N#CC(NC(=O)/C=C/c1cc(Br)ccc1F)c1ccc(F)cc1F. The number of amides is 1. The highest BCUT2D eigenvalue weighted by Gasteiger charge is 2.17. The molecule has 24 heavy (non-hydrogen) atoms. The number of nitrogens with one attached hydrogen (secondary N) is 1. The second-order valence-electron chi connectivity index (χ2n) is 4.74. The van der Waals surface area contributed by atoms with Crippen molar-refractivity contribution in [3.05, 3.63) is 75.5 Å². The minimum atomic E-state index is -1.30. The first-order chi connectivity index (χ1) is 11.4. The zero-order valence-electron chi connectivity index (χ0n) is 12.1. The molecular formula is C17H10BrF3N2O. The van der Waals surface area contributed by atoms with E-state index in [1.165, 1.54) is 24.3 Å². The molecule has 0 radical (unpaired) electrons. The molecule has 7 heteroatoms. The Hall–Kier alpha value is -2.59. The molecule has 1 unspecified atom stereocenters. The summed E-state index contributed by atoms with van der Waals surface area (Å²) >= 11 is 3.18. The summed E-state index contributed by atoms with van der Waals surface area (Å²) in [4.78, 5) is 11.9. The van der Waals surface area contributed by atoms with Gasteiger partial charge in [-0.3, -0.25) is 4.79 Å². The smallest absolute Gasteiger partial charge is 0.245 e. The summed E-state index contributed by atoms with van der Waals surface area (Å²) in [6.45, 7) is 0. The van der Waals surface area contributed by atoms with E-state index in [2.05, 4.69) is 21.2 Å². The third kappa shape index (κ3) is 4.46. The Kier molecular flexibility index (Phi) is 5.77. The van der Waals surface area contributed by atoms with Crippen LogP contribution in [0.5, 0.6) is 0 Å². The lowest BCUT2D eigenvalue weighted by Gasteiger charge is -2.11. The van der Waals surface area contributed by atoms with Crippen LogP contribution in [-0.2, 0) is 4.79 Å². The van der Waals surface area contributed by atoms with E-state index < -0.39 is 29.4 Å². The maximum absolute atomic E-state index is 13.7. The molecule has 0 bridgehead atoms. The first-order valence-corrected chi connectivity index (χ1v) is 7.48. The fourth-order valence-electron chi connectivity index (χ4n) is 1.91. The second-order valence-corrected chi connectivity index (χ2v) is 5.65. The van der Waals surface area contributed by atoms with E-state index in [-0.39, 0.29) is 11.1 Å². The van der Waals surface area contributed by atoms with Crippen LogP contribution in [0.3, 0.4) is 0 Å². The van der Waals surface area contributed by atoms with Gasteiger partial charge in [0.05, 0.1) is 6.07 Å². The van der Waals surface area contributed by atoms with Crippen molar-refractivity contribution in [1.29, 1.82) is 5.26 Å². The van der Waals surface area contributed by atoms with Gasteiger partial charge in [0, 0.05) is 27.7 Å². The molecule has 1 amide bonds. The van der Waals surface area contributed by atoms with E-state index in [4.69, 9.17) is 5.26 Å². The minimum Gasteiger partial charge on any atom is -0.333 e. The fourth-order valence-corrected chi connectivity index (χ4v) is 2.29. The molecule has 1 N–H and O–H groups in total. The van der Waals surface area contributed by atoms with Gasteiger partial charge < -0.3 is 5.32 Å². The molecule has 0 saturated heterocycles. The lowest BCUT2D eigenvalue weighted by molar-refractivity contribution is -0.116. The summed E-state index contributed by atoms with van der Waals surface area (Å²) in [5.74, 6) is -2.97. The Balaban J connectivity index is 2.14. The van der Waals surface area contributed by atoms with E-state index in [0.29, 0.717) is 10.5 Å². The number of hydrogen-bond donors (Lipinski definition) is 1. The van der Waals surface area contributed by atoms with Crippen LogP contribution in [0.15, 0.2) is 46.9 Å². The van der Waals surface area contributed by atoms with E-state index in [1.54, 1.807) is 6.07 Å². The van der Waals surface area contributed by atoms with E-state index in [0.717, 1.165) is 18.2 Å². The molecule has 122 valence electrons. The summed E-state index contributed by atoms with van der Waals surface area (Å²) in [5, 5.41) is 11.3. The largest absolute Gasteiger partial charge is 0.333 e. The molecule has 3 nitrogen and oxygen atoms in total. The third-order valence-corrected chi connectivity index (χ3v) is 3.55. The van der Waals surface area contributed by atoms with Gasteiger partial charge >= 0.3 is 0 Å². The average Bonchev–Trinajstić information content (AvgIpc) is 2.54. The number of hydrogen-bond acceptors (Lipinski definition) is 2. The number of benzene rings is 2. The standard InChI is InChI=1S/C17H10BrF3N2O/c18-11-2-5-14(20)10(7-11)1-6-17(24)23-16(9-22)13-4-3-12(19)8-15(13)21/h1-8,16H,(H,23,24)/b6-1+. The summed E-state index contributed by atoms with van der Waals surface area (Å²) in [7, 11) is 0. The van der Waals surface area contributed by atoms with Crippen LogP contribution >= 0.6 is 15.9 Å². The zero-order valence-corrected chi connectivity index (χ0v) is 13.6. The Morgan fingerprint density at radius 1 is 1.17 bits per heavy atom. The molecule has 0 aliphatic carbocycles. The lowest BCUT2D eigenvalue weighted by Crippen LogP contribution is -2.26. The molecule has 2 rings (SSSR count). The second kappa shape index (κ2) is 7.79. The van der Waals surface area contributed by atoms with Crippen molar-refractivity contribution >= 4 is 27.9 Å². The number of nitriles is 1. The number of carbonyl (C=O) groups excluding carboxylic acids is 1. The summed E-state index contributed by atoms with van der Waals surface area (Å²) in [5.41, 5.74) is 0.00952. The van der Waals surface area contributed by atoms with Crippen LogP contribution in [0.2, 0.25) is 0 Å². The quantitative estimate of drug-likeness (QED) is 0.787. The molecular weight excluding hydrogens is 385 g/mol. The van der Waals surface area contributed by atoms with Gasteiger partial charge in [0.2, 0.25) is 5.91 Å². The molecule has 0 aromatic heterocycles. The van der Waals surface area contributed by atoms with Gasteiger partial charge in [0.1, 0.15) is 23.5 Å². The highest BCUT2D eigenvalue weighted by Crippen LogP contribution is 2.19. The van der Waals surface area contributed by atoms with Crippen LogP contribution in [0.25, 0.3) is 6.08 Å². The van der Waals surface area contributed by atoms with Gasteiger partial charge in [-0.2, -0.15) is 5.26 Å². The van der Waals surface area contributed by atoms with Crippen LogP contribution in [0, 0.1) is 28.8 Å². The molecule has 0 aliphatic rings. The van der Waals surface area contributed by atoms with Crippen molar-refractivity contribution in [2.75, 3.05) is 0 Å². The molecule has 0 saturated carbocycles. The maximum atomic E-state index is 13.7. The number of halogens is 4. The van der Waals surface area contributed by atoms with E-state index in [1.807, 2.05) is 0 Å². The van der Waals surface area contributed by atoms with Crippen LogP contribution in [0.1, 0.15) is 17.2 Å². The average molecular weight is 395 g/mol.